The molecule has 0 saturated carbocycles. The molecule has 28 heavy (non-hydrogen) atoms. The highest BCUT2D eigenvalue weighted by Gasteiger charge is 2.30. The topological polar surface area (TPSA) is 57.2 Å². The maximum atomic E-state index is 12.6. The van der Waals surface area contributed by atoms with Crippen LogP contribution in [0.3, 0.4) is 0 Å². The number of hydrogen-bond donors (Lipinski definition) is 0. The summed E-state index contributed by atoms with van der Waals surface area (Å²) < 4.78 is 94.4. The smallest absolute Gasteiger partial charge is 0.200 e. The molecule has 1 aliphatic rings. The first-order valence-electron chi connectivity index (χ1n) is 9.33. The summed E-state index contributed by atoms with van der Waals surface area (Å²) in [5.41, 5.74) is 0. The van der Waals surface area contributed by atoms with E-state index in [9.17, 15) is 34.9 Å². The molecule has 0 bridgehead atoms. The molecule has 0 N–H and O–H groups in total. The Kier molecular flexibility index (Phi) is 9.29. The largest absolute Gasteiger partial charge is 0.744 e. The second-order valence-corrected chi connectivity index (χ2v) is 8.32. The van der Waals surface area contributed by atoms with Gasteiger partial charge in [0.25, 0.3) is 0 Å². The summed E-state index contributed by atoms with van der Waals surface area (Å²) in [5.74, 6) is -12.8. The van der Waals surface area contributed by atoms with Crippen molar-refractivity contribution in [2.75, 3.05) is 26.2 Å². The van der Waals surface area contributed by atoms with Crippen molar-refractivity contribution in [1.29, 1.82) is 0 Å². The van der Waals surface area contributed by atoms with Crippen LogP contribution in [-0.4, -0.2) is 43.6 Å². The minimum absolute atomic E-state index is 1.37. The molecular weight excluding hydrogens is 405 g/mol. The first-order chi connectivity index (χ1) is 13.0. The van der Waals surface area contributed by atoms with E-state index in [2.05, 4.69) is 13.8 Å². The van der Waals surface area contributed by atoms with Gasteiger partial charge in [-0.05, 0) is 12.8 Å². The zero-order valence-electron chi connectivity index (χ0n) is 16.0. The number of quaternary nitrogens is 1. The van der Waals surface area contributed by atoms with Crippen LogP contribution in [0.2, 0.25) is 0 Å². The van der Waals surface area contributed by atoms with Crippen LogP contribution in [0.1, 0.15) is 52.4 Å². The molecule has 1 heterocycles. The molecule has 0 atom stereocenters. The lowest BCUT2D eigenvalue weighted by atomic mass is 10.2. The summed E-state index contributed by atoms with van der Waals surface area (Å²) in [6.45, 7) is 10.5. The van der Waals surface area contributed by atoms with Crippen LogP contribution >= 0.6 is 0 Å². The van der Waals surface area contributed by atoms with Crippen molar-refractivity contribution < 1.29 is 39.4 Å². The highest BCUT2D eigenvalue weighted by atomic mass is 32.2. The van der Waals surface area contributed by atoms with Crippen LogP contribution in [0.5, 0.6) is 0 Å². The van der Waals surface area contributed by atoms with Crippen molar-refractivity contribution in [1.82, 2.24) is 0 Å². The molecule has 1 fully saturated rings. The third kappa shape index (κ3) is 6.12. The Balaban J connectivity index is 0.000000283. The number of hydrogen-bond acceptors (Lipinski definition) is 3. The molecule has 4 nitrogen and oxygen atoms in total. The molecule has 0 spiro atoms. The highest BCUT2D eigenvalue weighted by molar-refractivity contribution is 7.85. The summed E-state index contributed by atoms with van der Waals surface area (Å²) in [5, 5.41) is 0. The predicted molar refractivity (Wildman–Crippen MR) is 93.0 cm³/mol. The van der Waals surface area contributed by atoms with Crippen LogP contribution in [-0.2, 0) is 10.1 Å². The summed E-state index contributed by atoms with van der Waals surface area (Å²) in [6.07, 6.45) is 8.56. The fraction of sp³-hybridized carbons (Fsp3) is 0.667. The monoisotopic (exact) mass is 431 g/mol. The van der Waals surface area contributed by atoms with Crippen LogP contribution in [0.25, 0.3) is 0 Å². The van der Waals surface area contributed by atoms with Gasteiger partial charge in [-0.15, -0.1) is 0 Å². The molecule has 2 rings (SSSR count). The lowest BCUT2D eigenvalue weighted by molar-refractivity contribution is -0.917. The molecule has 1 saturated heterocycles. The lowest BCUT2D eigenvalue weighted by Gasteiger charge is -2.34. The second kappa shape index (κ2) is 10.5. The van der Waals surface area contributed by atoms with Gasteiger partial charge in [-0.25, -0.2) is 30.4 Å². The normalized spacial score (nSPS) is 16.0. The minimum atomic E-state index is -5.77. The van der Waals surface area contributed by atoms with Crippen LogP contribution in [0, 0.1) is 29.1 Å². The molecule has 0 unspecified atom stereocenters. The fourth-order valence-electron chi connectivity index (χ4n) is 3.36. The number of nitrogens with zero attached hydrogens (tertiary/aromatic N) is 1. The maximum Gasteiger partial charge on any atom is 0.200 e. The van der Waals surface area contributed by atoms with Crippen molar-refractivity contribution >= 4 is 10.1 Å². The van der Waals surface area contributed by atoms with E-state index < -0.39 is 44.1 Å². The Morgan fingerprint density at radius 1 is 0.786 bits per heavy atom. The summed E-state index contributed by atoms with van der Waals surface area (Å²) >= 11 is 0. The molecular formula is C18H26F5NO3S. The van der Waals surface area contributed by atoms with E-state index in [1.54, 1.807) is 0 Å². The zero-order chi connectivity index (χ0) is 21.5. The molecule has 1 aromatic carbocycles. The predicted octanol–water partition coefficient (Wildman–Crippen LogP) is 4.48. The summed E-state index contributed by atoms with van der Waals surface area (Å²) in [4.78, 5) is -2.38. The van der Waals surface area contributed by atoms with Gasteiger partial charge in [0.15, 0.2) is 23.3 Å². The summed E-state index contributed by atoms with van der Waals surface area (Å²) in [6, 6.07) is 0. The Hall–Kier alpha value is -1.26. The van der Waals surface area contributed by atoms with Gasteiger partial charge in [0.2, 0.25) is 5.82 Å². The van der Waals surface area contributed by atoms with E-state index >= 15 is 0 Å². The third-order valence-electron chi connectivity index (χ3n) is 4.91. The van der Waals surface area contributed by atoms with Gasteiger partial charge in [0.05, 0.1) is 26.2 Å². The Morgan fingerprint density at radius 3 is 1.46 bits per heavy atom. The Bertz CT molecular complexity index is 726. The summed E-state index contributed by atoms with van der Waals surface area (Å²) in [7, 11) is -5.77. The number of unbranched alkanes of at least 4 members (excludes halogenated alkanes) is 2. The van der Waals surface area contributed by atoms with Gasteiger partial charge < -0.3 is 9.04 Å². The van der Waals surface area contributed by atoms with Gasteiger partial charge >= 0.3 is 0 Å². The van der Waals surface area contributed by atoms with E-state index in [0.717, 1.165) is 0 Å². The highest BCUT2D eigenvalue weighted by Crippen LogP contribution is 2.26. The fourth-order valence-corrected chi connectivity index (χ4v) is 3.97. The third-order valence-corrected chi connectivity index (χ3v) is 5.76. The number of rotatable bonds is 7. The van der Waals surface area contributed by atoms with E-state index in [1.165, 1.54) is 69.2 Å². The number of likely N-dealkylation sites (tertiary alicyclic amines) is 1. The molecule has 0 aliphatic carbocycles. The standard InChI is InChI=1S/C12H26N.C6HF5O3S/c1-3-5-9-13(10-6-4-2)11-7-8-12-13;7-1-2(8)4(10)6(15(12,13)14)5(11)3(1)9/h3-12H2,1-2H3;(H,12,13,14)/q+1;/p-1. The average Bonchev–Trinajstić information content (AvgIpc) is 3.10. The van der Waals surface area contributed by atoms with Crippen LogP contribution < -0.4 is 0 Å². The van der Waals surface area contributed by atoms with Gasteiger partial charge in [0, 0.05) is 12.8 Å². The van der Waals surface area contributed by atoms with Crippen molar-refractivity contribution in [3.05, 3.63) is 29.1 Å². The molecule has 0 aromatic heterocycles. The molecule has 0 radical (unpaired) electrons. The average molecular weight is 431 g/mol. The maximum absolute atomic E-state index is 12.6. The van der Waals surface area contributed by atoms with Crippen molar-refractivity contribution in [3.63, 3.8) is 0 Å². The first kappa shape index (κ1) is 24.8. The van der Waals surface area contributed by atoms with Gasteiger partial charge in [-0.3, -0.25) is 0 Å². The van der Waals surface area contributed by atoms with Gasteiger partial charge in [-0.1, -0.05) is 26.7 Å². The van der Waals surface area contributed by atoms with Crippen molar-refractivity contribution in [2.45, 2.75) is 57.3 Å². The zero-order valence-corrected chi connectivity index (χ0v) is 16.9. The molecule has 0 amide bonds. The number of benzene rings is 1. The van der Waals surface area contributed by atoms with Crippen molar-refractivity contribution in [3.8, 4) is 0 Å². The van der Waals surface area contributed by atoms with Gasteiger partial charge in [0.1, 0.15) is 15.0 Å². The van der Waals surface area contributed by atoms with E-state index in [1.807, 2.05) is 0 Å². The minimum Gasteiger partial charge on any atom is -0.744 e. The van der Waals surface area contributed by atoms with E-state index in [-0.39, 0.29) is 0 Å². The SMILES string of the molecule is CCCC[N+]1(CCCC)CCCC1.O=S(=O)([O-])c1c(F)c(F)c(F)c(F)c1F. The molecule has 162 valence electrons. The van der Waals surface area contributed by atoms with Crippen LogP contribution in [0.4, 0.5) is 22.0 Å². The van der Waals surface area contributed by atoms with E-state index in [0.29, 0.717) is 0 Å². The number of halogens is 5. The quantitative estimate of drug-likeness (QED) is 0.210. The second-order valence-electron chi connectivity index (χ2n) is 7.00. The Labute approximate surface area is 162 Å². The first-order valence-corrected chi connectivity index (χ1v) is 10.7. The van der Waals surface area contributed by atoms with Crippen molar-refractivity contribution in [2.24, 2.45) is 0 Å². The molecule has 10 heteroatoms. The van der Waals surface area contributed by atoms with Crippen LogP contribution in [0.15, 0.2) is 4.90 Å². The lowest BCUT2D eigenvalue weighted by Crippen LogP contribution is -2.46. The Morgan fingerprint density at radius 2 is 1.14 bits per heavy atom. The molecule has 1 aromatic rings. The van der Waals surface area contributed by atoms with Gasteiger partial charge in [-0.2, -0.15) is 0 Å². The van der Waals surface area contributed by atoms with E-state index in [4.69, 9.17) is 0 Å². The molecule has 1 aliphatic heterocycles.